The van der Waals surface area contributed by atoms with Crippen molar-refractivity contribution < 1.29 is 0 Å². The Morgan fingerprint density at radius 2 is 1.89 bits per heavy atom. The third kappa shape index (κ3) is 3.73. The maximum absolute atomic E-state index is 6.05. The number of hydrogen-bond acceptors (Lipinski definition) is 1. The normalized spacial score (nSPS) is 20.6. The van der Waals surface area contributed by atoms with Crippen molar-refractivity contribution in [3.63, 3.8) is 0 Å². The number of benzene rings is 1. The molecule has 2 heteroatoms. The maximum Gasteiger partial charge on any atom is 0.0409 e. The standard InChI is InChI=1S/C16H24ClN/c1-12(14-7-4-3-5-8-14)18-13(2)15-9-6-10-16(17)11-15/h6,9-14,18H,3-5,7-8H2,1-2H3/t12?,13-/m0/s1. The van der Waals surface area contributed by atoms with E-state index >= 15 is 0 Å². The Kier molecular flexibility index (Phi) is 5.08. The molecule has 0 aliphatic heterocycles. The highest BCUT2D eigenvalue weighted by Gasteiger charge is 2.21. The highest BCUT2D eigenvalue weighted by molar-refractivity contribution is 6.30. The Bertz CT molecular complexity index is 371. The topological polar surface area (TPSA) is 12.0 Å². The zero-order valence-electron chi connectivity index (χ0n) is 11.5. The summed E-state index contributed by atoms with van der Waals surface area (Å²) in [4.78, 5) is 0. The molecule has 1 saturated carbocycles. The summed E-state index contributed by atoms with van der Waals surface area (Å²) in [6.45, 7) is 4.56. The summed E-state index contributed by atoms with van der Waals surface area (Å²) in [6, 6.07) is 9.15. The molecule has 100 valence electrons. The predicted octanol–water partition coefficient (Wildman–Crippen LogP) is 4.96. The molecule has 0 amide bonds. The van der Waals surface area contributed by atoms with Crippen LogP contribution in [0.3, 0.4) is 0 Å². The van der Waals surface area contributed by atoms with Crippen molar-refractivity contribution in [1.82, 2.24) is 5.32 Å². The number of halogens is 1. The fraction of sp³-hybridized carbons (Fsp3) is 0.625. The minimum Gasteiger partial charge on any atom is -0.307 e. The van der Waals surface area contributed by atoms with Gasteiger partial charge in [-0.3, -0.25) is 0 Å². The molecule has 0 aromatic heterocycles. The van der Waals surface area contributed by atoms with Crippen LogP contribution in [0.1, 0.15) is 57.6 Å². The molecule has 1 aliphatic rings. The lowest BCUT2D eigenvalue weighted by Crippen LogP contribution is -2.36. The smallest absolute Gasteiger partial charge is 0.0409 e. The van der Waals surface area contributed by atoms with Gasteiger partial charge in [-0.1, -0.05) is 43.0 Å². The van der Waals surface area contributed by atoms with Gasteiger partial charge in [-0.2, -0.15) is 0 Å². The van der Waals surface area contributed by atoms with Crippen molar-refractivity contribution in [2.24, 2.45) is 5.92 Å². The van der Waals surface area contributed by atoms with Gasteiger partial charge >= 0.3 is 0 Å². The van der Waals surface area contributed by atoms with Crippen LogP contribution in [0.2, 0.25) is 5.02 Å². The van der Waals surface area contributed by atoms with Crippen LogP contribution in [0.4, 0.5) is 0 Å². The maximum atomic E-state index is 6.05. The number of rotatable bonds is 4. The summed E-state index contributed by atoms with van der Waals surface area (Å²) < 4.78 is 0. The van der Waals surface area contributed by atoms with Gasteiger partial charge in [-0.25, -0.2) is 0 Å². The summed E-state index contributed by atoms with van der Waals surface area (Å²) in [6.07, 6.45) is 7.00. The average Bonchev–Trinajstić information content (AvgIpc) is 2.39. The molecule has 1 aromatic carbocycles. The zero-order valence-corrected chi connectivity index (χ0v) is 12.2. The quantitative estimate of drug-likeness (QED) is 0.811. The van der Waals surface area contributed by atoms with Gasteiger partial charge in [0.05, 0.1) is 0 Å². The predicted molar refractivity (Wildman–Crippen MR) is 79.0 cm³/mol. The molecule has 0 spiro atoms. The Hall–Kier alpha value is -0.530. The van der Waals surface area contributed by atoms with Crippen LogP contribution in [-0.4, -0.2) is 6.04 Å². The molecule has 0 bridgehead atoms. The van der Waals surface area contributed by atoms with E-state index in [4.69, 9.17) is 11.6 Å². The van der Waals surface area contributed by atoms with Gasteiger partial charge < -0.3 is 5.32 Å². The van der Waals surface area contributed by atoms with Crippen LogP contribution in [0.5, 0.6) is 0 Å². The SMILES string of the molecule is CC(N[C@@H](C)c1cccc(Cl)c1)C1CCCCC1. The zero-order chi connectivity index (χ0) is 13.0. The minimum atomic E-state index is 0.376. The summed E-state index contributed by atoms with van der Waals surface area (Å²) in [7, 11) is 0. The molecule has 1 N–H and O–H groups in total. The fourth-order valence-electron chi connectivity index (χ4n) is 3.04. The Morgan fingerprint density at radius 1 is 1.17 bits per heavy atom. The van der Waals surface area contributed by atoms with Gasteiger partial charge in [0, 0.05) is 17.1 Å². The molecule has 0 heterocycles. The second kappa shape index (κ2) is 6.58. The van der Waals surface area contributed by atoms with Crippen LogP contribution < -0.4 is 5.32 Å². The highest BCUT2D eigenvalue weighted by Crippen LogP contribution is 2.28. The van der Waals surface area contributed by atoms with Crippen molar-refractivity contribution in [2.75, 3.05) is 0 Å². The van der Waals surface area contributed by atoms with Crippen molar-refractivity contribution in [2.45, 2.75) is 58.0 Å². The molecular formula is C16H24ClN. The second-order valence-electron chi connectivity index (χ2n) is 5.63. The monoisotopic (exact) mass is 265 g/mol. The first-order valence-corrected chi connectivity index (χ1v) is 7.56. The van der Waals surface area contributed by atoms with Crippen molar-refractivity contribution >= 4 is 11.6 Å². The van der Waals surface area contributed by atoms with Gasteiger partial charge in [0.2, 0.25) is 0 Å². The molecule has 1 aromatic rings. The van der Waals surface area contributed by atoms with Crippen LogP contribution >= 0.6 is 11.6 Å². The second-order valence-corrected chi connectivity index (χ2v) is 6.07. The molecule has 18 heavy (non-hydrogen) atoms. The lowest BCUT2D eigenvalue weighted by atomic mass is 9.84. The minimum absolute atomic E-state index is 0.376. The van der Waals surface area contributed by atoms with Crippen molar-refractivity contribution in [1.29, 1.82) is 0 Å². The van der Waals surface area contributed by atoms with Crippen LogP contribution in [0.25, 0.3) is 0 Å². The van der Waals surface area contributed by atoms with Gasteiger partial charge in [0.25, 0.3) is 0 Å². The van der Waals surface area contributed by atoms with E-state index in [1.807, 2.05) is 12.1 Å². The molecule has 1 fully saturated rings. The Balaban J connectivity index is 1.91. The van der Waals surface area contributed by atoms with Crippen molar-refractivity contribution in [3.8, 4) is 0 Å². The van der Waals surface area contributed by atoms with Gasteiger partial charge in [0.15, 0.2) is 0 Å². The largest absolute Gasteiger partial charge is 0.307 e. The van der Waals surface area contributed by atoms with Crippen LogP contribution in [-0.2, 0) is 0 Å². The Morgan fingerprint density at radius 3 is 2.56 bits per heavy atom. The third-order valence-corrected chi connectivity index (χ3v) is 4.45. The summed E-state index contributed by atoms with van der Waals surface area (Å²) >= 11 is 6.05. The average molecular weight is 266 g/mol. The number of hydrogen-bond donors (Lipinski definition) is 1. The molecule has 1 unspecified atom stereocenters. The van der Waals surface area contributed by atoms with E-state index in [0.717, 1.165) is 10.9 Å². The van der Waals surface area contributed by atoms with E-state index in [1.165, 1.54) is 37.7 Å². The first-order valence-electron chi connectivity index (χ1n) is 7.18. The molecule has 0 saturated heterocycles. The van der Waals surface area contributed by atoms with Gasteiger partial charge in [0.1, 0.15) is 0 Å². The fourth-order valence-corrected chi connectivity index (χ4v) is 3.24. The third-order valence-electron chi connectivity index (χ3n) is 4.22. The summed E-state index contributed by atoms with van der Waals surface area (Å²) in [5, 5.41) is 4.56. The molecule has 1 aliphatic carbocycles. The van der Waals surface area contributed by atoms with Crippen LogP contribution in [0, 0.1) is 5.92 Å². The van der Waals surface area contributed by atoms with Gasteiger partial charge in [-0.15, -0.1) is 0 Å². The van der Waals surface area contributed by atoms with Crippen molar-refractivity contribution in [3.05, 3.63) is 34.9 Å². The van der Waals surface area contributed by atoms with E-state index in [0.29, 0.717) is 12.1 Å². The Labute approximate surface area is 116 Å². The molecular weight excluding hydrogens is 242 g/mol. The lowest BCUT2D eigenvalue weighted by molar-refractivity contribution is 0.268. The highest BCUT2D eigenvalue weighted by atomic mass is 35.5. The van der Waals surface area contributed by atoms with E-state index in [-0.39, 0.29) is 0 Å². The molecule has 2 rings (SSSR count). The summed E-state index contributed by atoms with van der Waals surface area (Å²) in [5.41, 5.74) is 1.28. The first-order chi connectivity index (χ1) is 8.66. The van der Waals surface area contributed by atoms with E-state index in [1.54, 1.807) is 0 Å². The lowest BCUT2D eigenvalue weighted by Gasteiger charge is -2.30. The van der Waals surface area contributed by atoms with E-state index in [9.17, 15) is 0 Å². The first kappa shape index (κ1) is 13.9. The molecule has 0 radical (unpaired) electrons. The summed E-state index contributed by atoms with van der Waals surface area (Å²) in [5.74, 6) is 0.848. The van der Waals surface area contributed by atoms with Crippen LogP contribution in [0.15, 0.2) is 24.3 Å². The van der Waals surface area contributed by atoms with Gasteiger partial charge in [-0.05, 0) is 50.3 Å². The molecule has 1 nitrogen and oxygen atoms in total. The van der Waals surface area contributed by atoms with E-state index in [2.05, 4.69) is 31.3 Å². The van der Waals surface area contributed by atoms with E-state index < -0.39 is 0 Å². The number of nitrogens with one attached hydrogen (secondary N) is 1. The molecule has 2 atom stereocenters.